The predicted molar refractivity (Wildman–Crippen MR) is 96.4 cm³/mol. The maximum absolute atomic E-state index is 12.0. The number of nitrogens with zero attached hydrogens (tertiary/aromatic N) is 2. The smallest absolute Gasteiger partial charge is 0.234 e. The van der Waals surface area contributed by atoms with Crippen LogP contribution in [0.25, 0.3) is 0 Å². The van der Waals surface area contributed by atoms with Crippen molar-refractivity contribution in [1.29, 1.82) is 0 Å². The Hall–Kier alpha value is -1.93. The molecule has 1 saturated carbocycles. The highest BCUT2D eigenvalue weighted by Gasteiger charge is 2.26. The van der Waals surface area contributed by atoms with Gasteiger partial charge in [0.25, 0.3) is 0 Å². The minimum atomic E-state index is -0.0964. The van der Waals surface area contributed by atoms with Gasteiger partial charge in [-0.3, -0.25) is 9.59 Å². The number of anilines is 2. The number of carbonyl (C=O) groups is 2. The minimum Gasteiger partial charge on any atom is -0.325 e. The molecule has 0 atom stereocenters. The summed E-state index contributed by atoms with van der Waals surface area (Å²) in [6, 6.07) is 7.65. The monoisotopic (exact) mass is 362 g/mol. The largest absolute Gasteiger partial charge is 0.325 e. The summed E-state index contributed by atoms with van der Waals surface area (Å²) >= 11 is 2.60. The number of hydrogen-bond donors (Lipinski definition) is 2. The van der Waals surface area contributed by atoms with Crippen molar-refractivity contribution < 1.29 is 9.59 Å². The first-order valence-electron chi connectivity index (χ1n) is 7.74. The highest BCUT2D eigenvalue weighted by molar-refractivity contribution is 8.01. The van der Waals surface area contributed by atoms with Crippen LogP contribution in [-0.2, 0) is 9.59 Å². The molecule has 1 heterocycles. The Morgan fingerprint density at radius 3 is 2.83 bits per heavy atom. The van der Waals surface area contributed by atoms with E-state index in [4.69, 9.17) is 0 Å². The van der Waals surface area contributed by atoms with Gasteiger partial charge in [-0.2, -0.15) is 0 Å². The van der Waals surface area contributed by atoms with Gasteiger partial charge >= 0.3 is 0 Å². The van der Waals surface area contributed by atoms with E-state index in [0.717, 1.165) is 30.5 Å². The van der Waals surface area contributed by atoms with E-state index in [2.05, 4.69) is 20.8 Å². The minimum absolute atomic E-state index is 0.0196. The molecule has 126 valence electrons. The fourth-order valence-corrected chi connectivity index (χ4v) is 3.80. The third-order valence-corrected chi connectivity index (χ3v) is 5.71. The van der Waals surface area contributed by atoms with Crippen LogP contribution in [0.2, 0.25) is 0 Å². The Labute approximate surface area is 148 Å². The first-order valence-corrected chi connectivity index (χ1v) is 9.54. The summed E-state index contributed by atoms with van der Waals surface area (Å²) in [7, 11) is 0. The van der Waals surface area contributed by atoms with Crippen molar-refractivity contribution in [3.05, 3.63) is 29.8 Å². The maximum Gasteiger partial charge on any atom is 0.234 e. The number of benzene rings is 1. The van der Waals surface area contributed by atoms with Crippen LogP contribution < -0.4 is 10.6 Å². The number of carbonyl (C=O) groups excluding carboxylic acids is 2. The molecule has 1 fully saturated rings. The summed E-state index contributed by atoms with van der Waals surface area (Å²) in [4.78, 5) is 23.8. The Morgan fingerprint density at radius 2 is 2.12 bits per heavy atom. The van der Waals surface area contributed by atoms with Crippen LogP contribution in [-0.4, -0.2) is 27.8 Å². The van der Waals surface area contributed by atoms with E-state index in [1.165, 1.54) is 23.1 Å². The zero-order valence-corrected chi connectivity index (χ0v) is 14.9. The molecule has 24 heavy (non-hydrogen) atoms. The molecule has 0 saturated heterocycles. The molecule has 1 aliphatic rings. The second-order valence-corrected chi connectivity index (χ2v) is 7.90. The van der Waals surface area contributed by atoms with Gasteiger partial charge in [-0.25, -0.2) is 0 Å². The summed E-state index contributed by atoms with van der Waals surface area (Å²) in [5, 5.41) is 14.1. The van der Waals surface area contributed by atoms with Crippen LogP contribution in [0.4, 0.5) is 10.8 Å². The molecule has 0 aliphatic heterocycles. The van der Waals surface area contributed by atoms with Gasteiger partial charge in [0.2, 0.25) is 16.9 Å². The fourth-order valence-electron chi connectivity index (χ4n) is 2.24. The van der Waals surface area contributed by atoms with E-state index >= 15 is 0 Å². The molecule has 1 aliphatic carbocycles. The topological polar surface area (TPSA) is 84.0 Å². The van der Waals surface area contributed by atoms with E-state index in [1.54, 1.807) is 0 Å². The summed E-state index contributed by atoms with van der Waals surface area (Å²) in [6.07, 6.45) is 3.02. The summed E-state index contributed by atoms with van der Waals surface area (Å²) in [5.74, 6) is 0.288. The molecule has 2 amide bonds. The Balaban J connectivity index is 1.46. The van der Waals surface area contributed by atoms with Crippen molar-refractivity contribution >= 4 is 45.7 Å². The summed E-state index contributed by atoms with van der Waals surface area (Å²) in [5.41, 5.74) is 1.88. The third kappa shape index (κ3) is 4.55. The van der Waals surface area contributed by atoms with Gasteiger partial charge in [0.15, 0.2) is 4.34 Å². The van der Waals surface area contributed by atoms with Gasteiger partial charge in [0, 0.05) is 11.6 Å². The molecule has 2 aromatic rings. The molecule has 0 unspecified atom stereocenters. The molecule has 1 aromatic heterocycles. The average molecular weight is 362 g/mol. The number of thioether (sulfide) groups is 1. The highest BCUT2D eigenvalue weighted by atomic mass is 32.2. The Kier molecular flexibility index (Phi) is 5.47. The quantitative estimate of drug-likeness (QED) is 0.608. The first kappa shape index (κ1) is 16.9. The number of nitrogens with one attached hydrogen (secondary N) is 2. The molecule has 0 spiro atoms. The number of aromatic nitrogens is 2. The number of amides is 2. The molecule has 1 aromatic carbocycles. The second kappa shape index (κ2) is 7.76. The van der Waals surface area contributed by atoms with Crippen LogP contribution in [0.1, 0.15) is 24.8 Å². The third-order valence-electron chi connectivity index (χ3n) is 3.74. The van der Waals surface area contributed by atoms with E-state index in [1.807, 2.05) is 31.2 Å². The van der Waals surface area contributed by atoms with Crippen molar-refractivity contribution in [3.8, 4) is 0 Å². The number of hydrogen-bond acceptors (Lipinski definition) is 6. The maximum atomic E-state index is 12.0. The Morgan fingerprint density at radius 1 is 1.29 bits per heavy atom. The van der Waals surface area contributed by atoms with Crippen molar-refractivity contribution in [2.45, 2.75) is 30.5 Å². The predicted octanol–water partition coefficient (Wildman–Crippen LogP) is 3.32. The van der Waals surface area contributed by atoms with E-state index in [9.17, 15) is 9.59 Å². The van der Waals surface area contributed by atoms with E-state index < -0.39 is 0 Å². The number of rotatable bonds is 6. The lowest BCUT2D eigenvalue weighted by atomic mass is 9.85. The molecule has 6 nitrogen and oxygen atoms in total. The average Bonchev–Trinajstić information content (AvgIpc) is 2.91. The summed E-state index contributed by atoms with van der Waals surface area (Å²) < 4.78 is 0.665. The van der Waals surface area contributed by atoms with Crippen molar-refractivity contribution in [2.24, 2.45) is 5.92 Å². The lowest BCUT2D eigenvalue weighted by molar-refractivity contribution is -0.122. The standard InChI is InChI=1S/C16H18N4O2S2/c1-10-4-2-7-12(8-10)17-13(21)9-23-16-20-19-15(24-16)18-14(22)11-5-3-6-11/h2,4,7-8,11H,3,5-6,9H2,1H3,(H,17,21)(H,18,19,22). The zero-order chi connectivity index (χ0) is 16.9. The van der Waals surface area contributed by atoms with E-state index in [-0.39, 0.29) is 23.5 Å². The molecule has 8 heteroatoms. The lowest BCUT2D eigenvalue weighted by Crippen LogP contribution is -2.27. The van der Waals surface area contributed by atoms with E-state index in [0.29, 0.717) is 9.47 Å². The zero-order valence-electron chi connectivity index (χ0n) is 13.2. The van der Waals surface area contributed by atoms with Crippen LogP contribution in [0.15, 0.2) is 28.6 Å². The van der Waals surface area contributed by atoms with Crippen molar-refractivity contribution in [1.82, 2.24) is 10.2 Å². The van der Waals surface area contributed by atoms with Gasteiger partial charge in [-0.1, -0.05) is 41.7 Å². The molecular weight excluding hydrogens is 344 g/mol. The molecular formula is C16H18N4O2S2. The second-order valence-electron chi connectivity index (χ2n) is 5.70. The molecule has 0 bridgehead atoms. The van der Waals surface area contributed by atoms with Crippen LogP contribution >= 0.6 is 23.1 Å². The highest BCUT2D eigenvalue weighted by Crippen LogP contribution is 2.30. The first-order chi connectivity index (χ1) is 11.6. The van der Waals surface area contributed by atoms with Crippen molar-refractivity contribution in [3.63, 3.8) is 0 Å². The molecule has 3 rings (SSSR count). The van der Waals surface area contributed by atoms with Gasteiger partial charge in [-0.15, -0.1) is 10.2 Å². The van der Waals surface area contributed by atoms with Gasteiger partial charge in [0.1, 0.15) is 0 Å². The summed E-state index contributed by atoms with van der Waals surface area (Å²) in [6.45, 7) is 1.98. The normalized spacial score (nSPS) is 14.0. The van der Waals surface area contributed by atoms with Crippen LogP contribution in [0.3, 0.4) is 0 Å². The van der Waals surface area contributed by atoms with Crippen LogP contribution in [0, 0.1) is 12.8 Å². The Bertz CT molecular complexity index is 743. The lowest BCUT2D eigenvalue weighted by Gasteiger charge is -2.23. The molecule has 0 radical (unpaired) electrons. The van der Waals surface area contributed by atoms with Gasteiger partial charge in [0.05, 0.1) is 5.75 Å². The SMILES string of the molecule is Cc1cccc(NC(=O)CSc2nnc(NC(=O)C3CCC3)s2)c1. The van der Waals surface area contributed by atoms with Crippen molar-refractivity contribution in [2.75, 3.05) is 16.4 Å². The van der Waals surface area contributed by atoms with Crippen LogP contribution in [0.5, 0.6) is 0 Å². The van der Waals surface area contributed by atoms with Gasteiger partial charge in [-0.05, 0) is 37.5 Å². The molecule has 2 N–H and O–H groups in total. The van der Waals surface area contributed by atoms with Gasteiger partial charge < -0.3 is 10.6 Å². The number of aryl methyl sites for hydroxylation is 1. The fraction of sp³-hybridized carbons (Fsp3) is 0.375.